The molecule has 0 aliphatic carbocycles. The predicted octanol–water partition coefficient (Wildman–Crippen LogP) is 0.320. The van der Waals surface area contributed by atoms with E-state index in [4.69, 9.17) is 4.74 Å². The molecule has 6 heteroatoms. The highest BCUT2D eigenvalue weighted by Gasteiger charge is 2.17. The number of ether oxygens (including phenoxy) is 1. The number of anilines is 1. The van der Waals surface area contributed by atoms with Gasteiger partial charge in [0.2, 0.25) is 0 Å². The number of hydrogen-bond acceptors (Lipinski definition) is 3. The van der Waals surface area contributed by atoms with Gasteiger partial charge in [0.25, 0.3) is 0 Å². The first-order chi connectivity index (χ1) is 6.84. The summed E-state index contributed by atoms with van der Waals surface area (Å²) in [6.45, 7) is 1.31. The zero-order valence-corrected chi connectivity index (χ0v) is 7.62. The van der Waals surface area contributed by atoms with Crippen LogP contribution in [0.15, 0.2) is 12.3 Å². The fourth-order valence-corrected chi connectivity index (χ4v) is 1.32. The Balaban J connectivity index is 1.78. The highest BCUT2D eigenvalue weighted by atomic mass is 16.5. The molecule has 1 unspecified atom stereocenters. The first-order valence-corrected chi connectivity index (χ1v) is 4.49. The molecule has 6 nitrogen and oxygen atoms in total. The quantitative estimate of drug-likeness (QED) is 0.637. The van der Waals surface area contributed by atoms with Crippen molar-refractivity contribution in [1.82, 2.24) is 15.5 Å². The van der Waals surface area contributed by atoms with Crippen LogP contribution in [0, 0.1) is 0 Å². The molecule has 1 aromatic heterocycles. The summed E-state index contributed by atoms with van der Waals surface area (Å²) in [5.41, 5.74) is 0. The summed E-state index contributed by atoms with van der Waals surface area (Å²) < 4.78 is 5.13. The molecule has 1 aliphatic heterocycles. The minimum absolute atomic E-state index is 0.123. The number of aromatic nitrogens is 2. The molecule has 0 spiro atoms. The van der Waals surface area contributed by atoms with Crippen molar-refractivity contribution in [1.29, 1.82) is 0 Å². The van der Waals surface area contributed by atoms with Crippen LogP contribution in [0.4, 0.5) is 10.6 Å². The summed E-state index contributed by atoms with van der Waals surface area (Å²) in [7, 11) is 0. The minimum atomic E-state index is -0.232. The van der Waals surface area contributed by atoms with E-state index in [1.54, 1.807) is 12.3 Å². The Bertz CT molecular complexity index is 292. The molecule has 1 aromatic rings. The lowest BCUT2D eigenvalue weighted by Crippen LogP contribution is -2.38. The minimum Gasteiger partial charge on any atom is -0.379 e. The maximum atomic E-state index is 11.3. The summed E-state index contributed by atoms with van der Waals surface area (Å²) in [4.78, 5) is 11.3. The third kappa shape index (κ3) is 2.23. The molecule has 2 heterocycles. The second-order valence-electron chi connectivity index (χ2n) is 3.13. The molecule has 2 amide bonds. The SMILES string of the molecule is O=C(Nc1ccn[nH]1)NC1CCOC1. The van der Waals surface area contributed by atoms with Crippen LogP contribution < -0.4 is 10.6 Å². The number of carbonyl (C=O) groups is 1. The van der Waals surface area contributed by atoms with Gasteiger partial charge in [0, 0.05) is 12.7 Å². The zero-order chi connectivity index (χ0) is 9.80. The molecule has 1 saturated heterocycles. The number of aromatic amines is 1. The lowest BCUT2D eigenvalue weighted by Gasteiger charge is -2.10. The molecular weight excluding hydrogens is 184 g/mol. The van der Waals surface area contributed by atoms with Gasteiger partial charge >= 0.3 is 6.03 Å². The molecule has 0 bridgehead atoms. The number of nitrogens with zero attached hydrogens (tertiary/aromatic N) is 1. The average Bonchev–Trinajstić information content (AvgIpc) is 2.76. The molecule has 1 aliphatic rings. The molecule has 14 heavy (non-hydrogen) atoms. The van der Waals surface area contributed by atoms with Gasteiger partial charge in [0.05, 0.1) is 18.8 Å². The number of carbonyl (C=O) groups excluding carboxylic acids is 1. The molecule has 1 fully saturated rings. The standard InChI is InChI=1S/C8H12N4O2/c13-8(10-6-2-4-14-5-6)11-7-1-3-9-12-7/h1,3,6H,2,4-5H2,(H3,9,10,11,12,13). The summed E-state index contributed by atoms with van der Waals surface area (Å²) in [6.07, 6.45) is 2.45. The van der Waals surface area contributed by atoms with Gasteiger partial charge in [-0.2, -0.15) is 5.10 Å². The Kier molecular flexibility index (Phi) is 2.64. The molecule has 1 atom stereocenters. The van der Waals surface area contributed by atoms with E-state index >= 15 is 0 Å². The Hall–Kier alpha value is -1.56. The summed E-state index contributed by atoms with van der Waals surface area (Å²) in [5.74, 6) is 0.585. The van der Waals surface area contributed by atoms with Crippen molar-refractivity contribution in [2.45, 2.75) is 12.5 Å². The van der Waals surface area contributed by atoms with E-state index in [9.17, 15) is 4.79 Å². The van der Waals surface area contributed by atoms with Crippen molar-refractivity contribution in [3.8, 4) is 0 Å². The van der Waals surface area contributed by atoms with Crippen molar-refractivity contribution in [2.24, 2.45) is 0 Å². The summed E-state index contributed by atoms with van der Waals surface area (Å²) >= 11 is 0. The highest BCUT2D eigenvalue weighted by Crippen LogP contribution is 2.04. The lowest BCUT2D eigenvalue weighted by atomic mass is 10.3. The number of amides is 2. The molecule has 0 saturated carbocycles. The summed E-state index contributed by atoms with van der Waals surface area (Å²) in [5, 5.41) is 11.8. The number of rotatable bonds is 2. The highest BCUT2D eigenvalue weighted by molar-refractivity contribution is 5.88. The first kappa shape index (κ1) is 9.01. The van der Waals surface area contributed by atoms with Crippen molar-refractivity contribution >= 4 is 11.8 Å². The Morgan fingerprint density at radius 2 is 2.64 bits per heavy atom. The number of urea groups is 1. The molecule has 2 rings (SSSR count). The Morgan fingerprint density at radius 1 is 1.71 bits per heavy atom. The third-order valence-electron chi connectivity index (χ3n) is 2.01. The van der Waals surface area contributed by atoms with Gasteiger partial charge in [-0.05, 0) is 6.42 Å². The van der Waals surface area contributed by atoms with E-state index < -0.39 is 0 Å². The third-order valence-corrected chi connectivity index (χ3v) is 2.01. The van der Waals surface area contributed by atoms with Crippen LogP contribution >= 0.6 is 0 Å². The number of H-pyrrole nitrogens is 1. The monoisotopic (exact) mass is 196 g/mol. The normalized spacial score (nSPS) is 20.7. The maximum absolute atomic E-state index is 11.3. The Morgan fingerprint density at radius 3 is 3.29 bits per heavy atom. The first-order valence-electron chi connectivity index (χ1n) is 4.49. The van der Waals surface area contributed by atoms with E-state index in [0.717, 1.165) is 13.0 Å². The predicted molar refractivity (Wildman–Crippen MR) is 50.0 cm³/mol. The van der Waals surface area contributed by atoms with E-state index in [2.05, 4.69) is 20.8 Å². The zero-order valence-electron chi connectivity index (χ0n) is 7.62. The van der Waals surface area contributed by atoms with E-state index in [1.807, 2.05) is 0 Å². The van der Waals surface area contributed by atoms with E-state index in [1.165, 1.54) is 0 Å². The van der Waals surface area contributed by atoms with Gasteiger partial charge in [-0.15, -0.1) is 0 Å². The van der Waals surface area contributed by atoms with Crippen molar-refractivity contribution in [3.05, 3.63) is 12.3 Å². The maximum Gasteiger partial charge on any atom is 0.320 e. The van der Waals surface area contributed by atoms with Gasteiger partial charge < -0.3 is 10.1 Å². The number of nitrogens with one attached hydrogen (secondary N) is 3. The lowest BCUT2D eigenvalue weighted by molar-refractivity contribution is 0.189. The topological polar surface area (TPSA) is 79.0 Å². The fraction of sp³-hybridized carbons (Fsp3) is 0.500. The van der Waals surface area contributed by atoms with Gasteiger partial charge in [0.1, 0.15) is 5.82 Å². The number of hydrogen-bond donors (Lipinski definition) is 3. The molecular formula is C8H12N4O2. The van der Waals surface area contributed by atoms with Gasteiger partial charge in [0.15, 0.2) is 0 Å². The van der Waals surface area contributed by atoms with Crippen LogP contribution in [0.3, 0.4) is 0 Å². The van der Waals surface area contributed by atoms with Crippen LogP contribution in [-0.4, -0.2) is 35.5 Å². The van der Waals surface area contributed by atoms with E-state index in [-0.39, 0.29) is 12.1 Å². The molecule has 0 radical (unpaired) electrons. The van der Waals surface area contributed by atoms with Crippen molar-refractivity contribution < 1.29 is 9.53 Å². The van der Waals surface area contributed by atoms with Gasteiger partial charge in [-0.25, -0.2) is 4.79 Å². The van der Waals surface area contributed by atoms with Gasteiger partial charge in [-0.1, -0.05) is 0 Å². The van der Waals surface area contributed by atoms with Crippen LogP contribution in [0.5, 0.6) is 0 Å². The van der Waals surface area contributed by atoms with Crippen LogP contribution in [0.25, 0.3) is 0 Å². The molecule has 3 N–H and O–H groups in total. The smallest absolute Gasteiger partial charge is 0.320 e. The largest absolute Gasteiger partial charge is 0.379 e. The van der Waals surface area contributed by atoms with Crippen LogP contribution in [0.2, 0.25) is 0 Å². The Labute approximate surface area is 81.0 Å². The fourth-order valence-electron chi connectivity index (χ4n) is 1.32. The molecule has 0 aromatic carbocycles. The second-order valence-corrected chi connectivity index (χ2v) is 3.13. The van der Waals surface area contributed by atoms with Crippen molar-refractivity contribution in [3.63, 3.8) is 0 Å². The second kappa shape index (κ2) is 4.10. The van der Waals surface area contributed by atoms with Gasteiger partial charge in [-0.3, -0.25) is 10.4 Å². The average molecular weight is 196 g/mol. The molecule has 76 valence electrons. The van der Waals surface area contributed by atoms with Crippen molar-refractivity contribution in [2.75, 3.05) is 18.5 Å². The van der Waals surface area contributed by atoms with Crippen LogP contribution in [0.1, 0.15) is 6.42 Å². The van der Waals surface area contributed by atoms with Crippen LogP contribution in [-0.2, 0) is 4.74 Å². The van der Waals surface area contributed by atoms with E-state index in [0.29, 0.717) is 12.4 Å². The summed E-state index contributed by atoms with van der Waals surface area (Å²) in [6, 6.07) is 1.58.